The number of anilines is 1. The van der Waals surface area contributed by atoms with Gasteiger partial charge in [0.2, 0.25) is 0 Å². The Morgan fingerprint density at radius 1 is 1.32 bits per heavy atom. The fraction of sp³-hybridized carbons (Fsp3) is 0.438. The van der Waals surface area contributed by atoms with Crippen LogP contribution in [0.4, 0.5) is 5.82 Å². The number of aryl methyl sites for hydroxylation is 1. The topological polar surface area (TPSA) is 77.0 Å². The Balaban J connectivity index is 1.56. The molecule has 0 atom stereocenters. The average Bonchev–Trinajstić information content (AvgIpc) is 2.93. The van der Waals surface area contributed by atoms with Crippen molar-refractivity contribution in [3.05, 3.63) is 42.1 Å². The molecule has 0 aliphatic carbocycles. The Labute approximate surface area is 130 Å². The first-order valence-electron chi connectivity index (χ1n) is 7.62. The highest BCUT2D eigenvalue weighted by Gasteiger charge is 2.24. The first-order chi connectivity index (χ1) is 10.6. The minimum Gasteiger partial charge on any atom is -0.384 e. The van der Waals surface area contributed by atoms with Gasteiger partial charge in [0.15, 0.2) is 0 Å². The quantitative estimate of drug-likeness (QED) is 0.936. The first kappa shape index (κ1) is 14.6. The number of imidazole rings is 1. The minimum atomic E-state index is 0.0461. The monoisotopic (exact) mass is 299 g/mol. The molecule has 2 aromatic rings. The number of nitrogens with two attached hydrogens (primary N) is 1. The number of nitrogens with zero attached hydrogens (tertiary/aromatic N) is 4. The van der Waals surface area contributed by atoms with Gasteiger partial charge in [-0.15, -0.1) is 0 Å². The van der Waals surface area contributed by atoms with Crippen molar-refractivity contribution in [2.24, 2.45) is 5.92 Å². The highest BCUT2D eigenvalue weighted by molar-refractivity contribution is 5.94. The standard InChI is InChI=1S/C16H21N5O/c1-12-18-6-9-21(12)11-13-4-7-20(8-5-13)16(22)14-2-3-15(17)19-10-14/h2-3,6,9-10,13H,4-5,7-8,11H2,1H3,(H2,17,19). The Kier molecular flexibility index (Phi) is 4.09. The third-order valence-electron chi connectivity index (χ3n) is 4.31. The summed E-state index contributed by atoms with van der Waals surface area (Å²) in [5.74, 6) is 2.13. The predicted octanol–water partition coefficient (Wildman–Crippen LogP) is 1.72. The summed E-state index contributed by atoms with van der Waals surface area (Å²) in [4.78, 5) is 22.6. The van der Waals surface area contributed by atoms with E-state index in [0.29, 0.717) is 17.3 Å². The van der Waals surface area contributed by atoms with Gasteiger partial charge in [-0.2, -0.15) is 0 Å². The number of amides is 1. The van der Waals surface area contributed by atoms with E-state index in [1.807, 2.05) is 24.2 Å². The van der Waals surface area contributed by atoms with Crippen LogP contribution in [0.3, 0.4) is 0 Å². The van der Waals surface area contributed by atoms with Gasteiger partial charge in [0.1, 0.15) is 11.6 Å². The molecule has 0 spiro atoms. The lowest BCUT2D eigenvalue weighted by molar-refractivity contribution is 0.0682. The largest absolute Gasteiger partial charge is 0.384 e. The van der Waals surface area contributed by atoms with Crippen molar-refractivity contribution < 1.29 is 4.79 Å². The first-order valence-corrected chi connectivity index (χ1v) is 7.62. The van der Waals surface area contributed by atoms with Gasteiger partial charge in [-0.25, -0.2) is 9.97 Å². The maximum Gasteiger partial charge on any atom is 0.255 e. The van der Waals surface area contributed by atoms with Crippen LogP contribution in [0.25, 0.3) is 0 Å². The minimum absolute atomic E-state index is 0.0461. The summed E-state index contributed by atoms with van der Waals surface area (Å²) in [6.07, 6.45) is 7.45. The Bertz CT molecular complexity index is 641. The van der Waals surface area contributed by atoms with Crippen molar-refractivity contribution in [2.75, 3.05) is 18.8 Å². The van der Waals surface area contributed by atoms with E-state index in [1.54, 1.807) is 18.3 Å². The van der Waals surface area contributed by atoms with Crippen LogP contribution in [0.1, 0.15) is 29.0 Å². The van der Waals surface area contributed by atoms with Gasteiger partial charge in [0.05, 0.1) is 5.56 Å². The van der Waals surface area contributed by atoms with Crippen molar-refractivity contribution in [2.45, 2.75) is 26.3 Å². The molecule has 1 aliphatic rings. The number of carbonyl (C=O) groups excluding carboxylic acids is 1. The summed E-state index contributed by atoms with van der Waals surface area (Å²) in [6.45, 7) is 4.59. The number of hydrogen-bond acceptors (Lipinski definition) is 4. The molecule has 1 fully saturated rings. The number of rotatable bonds is 3. The van der Waals surface area contributed by atoms with Crippen LogP contribution in [0, 0.1) is 12.8 Å². The van der Waals surface area contributed by atoms with Gasteiger partial charge in [0.25, 0.3) is 5.91 Å². The van der Waals surface area contributed by atoms with Crippen LogP contribution in [0.2, 0.25) is 0 Å². The number of carbonyl (C=O) groups is 1. The third-order valence-corrected chi connectivity index (χ3v) is 4.31. The van der Waals surface area contributed by atoms with E-state index < -0.39 is 0 Å². The van der Waals surface area contributed by atoms with Gasteiger partial charge in [0, 0.05) is 38.2 Å². The Morgan fingerprint density at radius 3 is 2.68 bits per heavy atom. The average molecular weight is 299 g/mol. The second-order valence-electron chi connectivity index (χ2n) is 5.83. The third kappa shape index (κ3) is 3.10. The lowest BCUT2D eigenvalue weighted by Gasteiger charge is -2.32. The second-order valence-corrected chi connectivity index (χ2v) is 5.83. The predicted molar refractivity (Wildman–Crippen MR) is 84.2 cm³/mol. The van der Waals surface area contributed by atoms with Crippen molar-refractivity contribution in [3.63, 3.8) is 0 Å². The van der Waals surface area contributed by atoms with Gasteiger partial charge in [-0.3, -0.25) is 4.79 Å². The van der Waals surface area contributed by atoms with Crippen molar-refractivity contribution in [1.29, 1.82) is 0 Å². The number of piperidine rings is 1. The molecule has 6 nitrogen and oxygen atoms in total. The van der Waals surface area contributed by atoms with Crippen LogP contribution in [-0.4, -0.2) is 38.4 Å². The van der Waals surface area contributed by atoms with E-state index in [9.17, 15) is 4.79 Å². The molecule has 6 heteroatoms. The summed E-state index contributed by atoms with van der Waals surface area (Å²) in [7, 11) is 0. The molecule has 116 valence electrons. The number of hydrogen-bond donors (Lipinski definition) is 1. The van der Waals surface area contributed by atoms with Crippen molar-refractivity contribution in [1.82, 2.24) is 19.4 Å². The van der Waals surface area contributed by atoms with Gasteiger partial charge in [-0.1, -0.05) is 0 Å². The van der Waals surface area contributed by atoms with Crippen LogP contribution in [0.15, 0.2) is 30.7 Å². The molecule has 1 amide bonds. The maximum absolute atomic E-state index is 12.4. The lowest BCUT2D eigenvalue weighted by atomic mass is 9.96. The Morgan fingerprint density at radius 2 is 2.09 bits per heavy atom. The lowest BCUT2D eigenvalue weighted by Crippen LogP contribution is -2.39. The fourth-order valence-corrected chi connectivity index (χ4v) is 2.91. The van der Waals surface area contributed by atoms with Crippen LogP contribution >= 0.6 is 0 Å². The van der Waals surface area contributed by atoms with Crippen LogP contribution in [0.5, 0.6) is 0 Å². The van der Waals surface area contributed by atoms with Gasteiger partial charge in [-0.05, 0) is 37.8 Å². The molecule has 0 saturated carbocycles. The van der Waals surface area contributed by atoms with E-state index in [-0.39, 0.29) is 5.91 Å². The molecule has 22 heavy (non-hydrogen) atoms. The van der Waals surface area contributed by atoms with E-state index in [2.05, 4.69) is 14.5 Å². The molecule has 1 saturated heterocycles. The second kappa shape index (κ2) is 6.17. The number of pyridine rings is 1. The van der Waals surface area contributed by atoms with Gasteiger partial charge >= 0.3 is 0 Å². The number of aromatic nitrogens is 3. The molecule has 2 N–H and O–H groups in total. The molecule has 3 rings (SSSR count). The zero-order valence-electron chi connectivity index (χ0n) is 12.8. The van der Waals surface area contributed by atoms with Crippen LogP contribution in [-0.2, 0) is 6.54 Å². The summed E-state index contributed by atoms with van der Waals surface area (Å²) >= 11 is 0. The molecule has 0 bridgehead atoms. The van der Waals surface area contributed by atoms with Crippen LogP contribution < -0.4 is 5.73 Å². The van der Waals surface area contributed by atoms with E-state index in [0.717, 1.165) is 38.3 Å². The zero-order chi connectivity index (χ0) is 15.5. The molecule has 0 aromatic carbocycles. The number of likely N-dealkylation sites (tertiary alicyclic amines) is 1. The molecular formula is C16H21N5O. The molecule has 0 radical (unpaired) electrons. The smallest absolute Gasteiger partial charge is 0.255 e. The van der Waals surface area contributed by atoms with E-state index in [4.69, 9.17) is 5.73 Å². The highest BCUT2D eigenvalue weighted by Crippen LogP contribution is 2.21. The number of nitrogen functional groups attached to an aromatic ring is 1. The van der Waals surface area contributed by atoms with Crippen molar-refractivity contribution >= 4 is 11.7 Å². The summed E-state index contributed by atoms with van der Waals surface area (Å²) in [6, 6.07) is 3.41. The fourth-order valence-electron chi connectivity index (χ4n) is 2.91. The molecular weight excluding hydrogens is 278 g/mol. The molecule has 1 aliphatic heterocycles. The highest BCUT2D eigenvalue weighted by atomic mass is 16.2. The van der Waals surface area contributed by atoms with Gasteiger partial charge < -0.3 is 15.2 Å². The molecule has 0 unspecified atom stereocenters. The van der Waals surface area contributed by atoms with Crippen molar-refractivity contribution in [3.8, 4) is 0 Å². The summed E-state index contributed by atoms with van der Waals surface area (Å²) in [5, 5.41) is 0. The molecule has 2 aromatic heterocycles. The Hall–Kier alpha value is -2.37. The normalized spacial score (nSPS) is 16.0. The summed E-state index contributed by atoms with van der Waals surface area (Å²) in [5.41, 5.74) is 6.17. The zero-order valence-corrected chi connectivity index (χ0v) is 12.8. The van der Waals surface area contributed by atoms with E-state index >= 15 is 0 Å². The summed E-state index contributed by atoms with van der Waals surface area (Å²) < 4.78 is 2.19. The van der Waals surface area contributed by atoms with E-state index in [1.165, 1.54) is 0 Å². The maximum atomic E-state index is 12.4. The SMILES string of the molecule is Cc1nccn1CC1CCN(C(=O)c2ccc(N)nc2)CC1. The molecule has 3 heterocycles.